The second-order valence-corrected chi connectivity index (χ2v) is 6.37. The van der Waals surface area contributed by atoms with Crippen molar-refractivity contribution in [2.75, 3.05) is 13.2 Å². The summed E-state index contributed by atoms with van der Waals surface area (Å²) >= 11 is 1.83. The van der Waals surface area contributed by atoms with Gasteiger partial charge in [0.05, 0.1) is 0 Å². The molecule has 0 aliphatic heterocycles. The lowest BCUT2D eigenvalue weighted by Crippen LogP contribution is -2.04. The van der Waals surface area contributed by atoms with Crippen LogP contribution in [0.2, 0.25) is 0 Å². The van der Waals surface area contributed by atoms with E-state index in [-0.39, 0.29) is 23.7 Å². The van der Waals surface area contributed by atoms with Crippen LogP contribution in [0.15, 0.2) is 60.7 Å². The highest BCUT2D eigenvalue weighted by atomic mass is 32.2. The summed E-state index contributed by atoms with van der Waals surface area (Å²) in [6.07, 6.45) is 1.45. The molecule has 2 aromatic rings. The van der Waals surface area contributed by atoms with Gasteiger partial charge in [-0.25, -0.2) is 0 Å². The molecule has 2 N–H and O–H groups in total. The maximum absolute atomic E-state index is 9.35. The zero-order valence-electron chi connectivity index (χ0n) is 12.1. The van der Waals surface area contributed by atoms with E-state index < -0.39 is 0 Å². The molecule has 112 valence electrons. The third-order valence-electron chi connectivity index (χ3n) is 3.45. The second-order valence-electron chi connectivity index (χ2n) is 4.96. The summed E-state index contributed by atoms with van der Waals surface area (Å²) in [5.74, 6) is 0. The van der Waals surface area contributed by atoms with Gasteiger partial charge in [0.1, 0.15) is 0 Å². The molecule has 2 unspecified atom stereocenters. The van der Waals surface area contributed by atoms with Crippen LogP contribution < -0.4 is 0 Å². The fourth-order valence-electron chi connectivity index (χ4n) is 2.39. The lowest BCUT2D eigenvalue weighted by molar-refractivity contribution is 0.284. The van der Waals surface area contributed by atoms with E-state index in [9.17, 15) is 10.2 Å². The fraction of sp³-hybridized carbons (Fsp3) is 0.333. The van der Waals surface area contributed by atoms with Gasteiger partial charge in [0.2, 0.25) is 0 Å². The highest BCUT2D eigenvalue weighted by Gasteiger charge is 2.19. The molecule has 0 radical (unpaired) electrons. The normalized spacial score (nSPS) is 13.8. The molecule has 3 heteroatoms. The van der Waals surface area contributed by atoms with Gasteiger partial charge in [-0.15, -0.1) is 11.8 Å². The largest absolute Gasteiger partial charge is 0.396 e. The third kappa shape index (κ3) is 4.88. The van der Waals surface area contributed by atoms with Crippen molar-refractivity contribution in [2.24, 2.45) is 0 Å². The molecule has 0 spiro atoms. The van der Waals surface area contributed by atoms with Crippen LogP contribution in [0, 0.1) is 0 Å². The fourth-order valence-corrected chi connectivity index (χ4v) is 3.90. The van der Waals surface area contributed by atoms with Crippen molar-refractivity contribution in [1.29, 1.82) is 0 Å². The van der Waals surface area contributed by atoms with Crippen molar-refractivity contribution >= 4 is 11.8 Å². The smallest absolute Gasteiger partial charge is 0.0444 e. The first-order valence-electron chi connectivity index (χ1n) is 7.32. The summed E-state index contributed by atoms with van der Waals surface area (Å²) in [6, 6.07) is 20.6. The lowest BCUT2D eigenvalue weighted by Gasteiger charge is -2.23. The molecule has 0 fully saturated rings. The number of aliphatic hydroxyl groups excluding tert-OH is 2. The van der Waals surface area contributed by atoms with Crippen LogP contribution in [0.3, 0.4) is 0 Å². The standard InChI is InChI=1S/C18H22O2S/c19-13-11-17(15-7-3-1-4-8-15)21-18(12-14-20)16-9-5-2-6-10-16/h1-10,17-20H,11-14H2. The Labute approximate surface area is 130 Å². The molecule has 0 saturated heterocycles. The molecule has 0 amide bonds. The van der Waals surface area contributed by atoms with E-state index in [1.807, 2.05) is 48.2 Å². The second kappa shape index (κ2) is 8.88. The third-order valence-corrected chi connectivity index (χ3v) is 5.13. The Bertz CT molecular complexity index is 454. The molecule has 2 atom stereocenters. The molecule has 0 bridgehead atoms. The number of thioether (sulfide) groups is 1. The highest BCUT2D eigenvalue weighted by Crippen LogP contribution is 2.43. The zero-order chi connectivity index (χ0) is 14.9. The van der Waals surface area contributed by atoms with Crippen LogP contribution in [0.25, 0.3) is 0 Å². The molecule has 2 rings (SSSR count). The van der Waals surface area contributed by atoms with Gasteiger partial charge in [-0.2, -0.15) is 0 Å². The maximum atomic E-state index is 9.35. The Balaban J connectivity index is 2.16. The van der Waals surface area contributed by atoms with Gasteiger partial charge in [0, 0.05) is 23.7 Å². The van der Waals surface area contributed by atoms with Crippen molar-refractivity contribution in [3.05, 3.63) is 71.8 Å². The highest BCUT2D eigenvalue weighted by molar-refractivity contribution is 7.99. The summed E-state index contributed by atoms with van der Waals surface area (Å²) in [6.45, 7) is 0.348. The Kier molecular flexibility index (Phi) is 6.80. The molecule has 0 aliphatic carbocycles. The van der Waals surface area contributed by atoms with Crippen molar-refractivity contribution in [2.45, 2.75) is 23.3 Å². The van der Waals surface area contributed by atoms with E-state index in [1.54, 1.807) is 0 Å². The Hall–Kier alpha value is -1.29. The average Bonchev–Trinajstić information content (AvgIpc) is 2.55. The Morgan fingerprint density at radius 1 is 0.667 bits per heavy atom. The minimum absolute atomic E-state index is 0.174. The summed E-state index contributed by atoms with van der Waals surface area (Å²) in [4.78, 5) is 0. The van der Waals surface area contributed by atoms with Crippen LogP contribution in [-0.4, -0.2) is 23.4 Å². The molecule has 0 saturated carbocycles. The van der Waals surface area contributed by atoms with Gasteiger partial charge < -0.3 is 10.2 Å². The first-order chi connectivity index (χ1) is 10.3. The van der Waals surface area contributed by atoms with Crippen molar-refractivity contribution in [3.8, 4) is 0 Å². The number of hydrogen-bond acceptors (Lipinski definition) is 3. The van der Waals surface area contributed by atoms with E-state index in [0.717, 1.165) is 12.8 Å². The van der Waals surface area contributed by atoms with Crippen molar-refractivity contribution in [3.63, 3.8) is 0 Å². The van der Waals surface area contributed by atoms with Crippen LogP contribution in [0.5, 0.6) is 0 Å². The number of hydrogen-bond donors (Lipinski definition) is 2. The van der Waals surface area contributed by atoms with E-state index >= 15 is 0 Å². The first kappa shape index (κ1) is 16.1. The SMILES string of the molecule is OCCC(SC(CCO)c1ccccc1)c1ccccc1. The van der Waals surface area contributed by atoms with E-state index in [4.69, 9.17) is 0 Å². The summed E-state index contributed by atoms with van der Waals surface area (Å²) < 4.78 is 0. The minimum Gasteiger partial charge on any atom is -0.396 e. The van der Waals surface area contributed by atoms with Gasteiger partial charge in [-0.05, 0) is 24.0 Å². The van der Waals surface area contributed by atoms with Crippen LogP contribution in [0.4, 0.5) is 0 Å². The number of rotatable bonds is 8. The molecule has 2 nitrogen and oxygen atoms in total. The number of aliphatic hydroxyl groups is 2. The van der Waals surface area contributed by atoms with Crippen LogP contribution in [-0.2, 0) is 0 Å². The lowest BCUT2D eigenvalue weighted by atomic mass is 10.1. The topological polar surface area (TPSA) is 40.5 Å². The Morgan fingerprint density at radius 2 is 1.05 bits per heavy atom. The van der Waals surface area contributed by atoms with Gasteiger partial charge in [0.15, 0.2) is 0 Å². The summed E-state index contributed by atoms with van der Waals surface area (Å²) in [5, 5.41) is 19.2. The van der Waals surface area contributed by atoms with E-state index in [2.05, 4.69) is 24.3 Å². The minimum atomic E-state index is 0.174. The van der Waals surface area contributed by atoms with Crippen LogP contribution >= 0.6 is 11.8 Å². The van der Waals surface area contributed by atoms with Gasteiger partial charge in [-0.1, -0.05) is 60.7 Å². The molecule has 21 heavy (non-hydrogen) atoms. The molecule has 0 aliphatic rings. The molecular weight excluding hydrogens is 280 g/mol. The van der Waals surface area contributed by atoms with Crippen molar-refractivity contribution < 1.29 is 10.2 Å². The summed E-state index contributed by atoms with van der Waals surface area (Å²) in [5.41, 5.74) is 2.46. The Morgan fingerprint density at radius 3 is 1.38 bits per heavy atom. The van der Waals surface area contributed by atoms with Gasteiger partial charge in [0.25, 0.3) is 0 Å². The maximum Gasteiger partial charge on any atom is 0.0444 e. The monoisotopic (exact) mass is 302 g/mol. The van der Waals surface area contributed by atoms with Gasteiger partial charge >= 0.3 is 0 Å². The van der Waals surface area contributed by atoms with Crippen molar-refractivity contribution in [1.82, 2.24) is 0 Å². The predicted molar refractivity (Wildman–Crippen MR) is 89.4 cm³/mol. The number of benzene rings is 2. The average molecular weight is 302 g/mol. The zero-order valence-corrected chi connectivity index (χ0v) is 12.9. The van der Waals surface area contributed by atoms with E-state index in [0.29, 0.717) is 0 Å². The van der Waals surface area contributed by atoms with Gasteiger partial charge in [-0.3, -0.25) is 0 Å². The summed E-state index contributed by atoms with van der Waals surface area (Å²) in [7, 11) is 0. The van der Waals surface area contributed by atoms with E-state index in [1.165, 1.54) is 11.1 Å². The predicted octanol–water partition coefficient (Wildman–Crippen LogP) is 3.97. The molecular formula is C18H22O2S. The van der Waals surface area contributed by atoms with Crippen LogP contribution in [0.1, 0.15) is 34.5 Å². The first-order valence-corrected chi connectivity index (χ1v) is 8.26. The molecule has 2 aromatic carbocycles. The molecule has 0 aromatic heterocycles. The quantitative estimate of drug-likeness (QED) is 0.775. The molecule has 0 heterocycles.